The van der Waals surface area contributed by atoms with Gasteiger partial charge in [-0.15, -0.1) is 10.2 Å². The van der Waals surface area contributed by atoms with Crippen molar-refractivity contribution < 1.29 is 18.0 Å². The van der Waals surface area contributed by atoms with E-state index in [1.165, 1.54) is 12.1 Å². The Bertz CT molecular complexity index is 1270. The third-order valence-electron chi connectivity index (χ3n) is 4.90. The molecule has 6 nitrogen and oxygen atoms in total. The largest absolute Gasteiger partial charge is 0.416 e. The molecule has 0 aliphatic carbocycles. The van der Waals surface area contributed by atoms with E-state index in [1.807, 2.05) is 37.3 Å². The van der Waals surface area contributed by atoms with Crippen molar-refractivity contribution in [2.24, 2.45) is 0 Å². The van der Waals surface area contributed by atoms with Crippen LogP contribution in [-0.2, 0) is 12.6 Å². The maximum Gasteiger partial charge on any atom is 0.416 e. The molecule has 0 saturated heterocycles. The molecule has 0 spiro atoms. The van der Waals surface area contributed by atoms with Crippen molar-refractivity contribution in [1.82, 2.24) is 19.8 Å². The Morgan fingerprint density at radius 2 is 1.81 bits per heavy atom. The number of nitrogens with one attached hydrogen (secondary N) is 1. The predicted octanol–water partition coefficient (Wildman–Crippen LogP) is 4.93. The fraction of sp³-hybridized carbons (Fsp3) is 0.182. The smallest absolute Gasteiger partial charge is 0.321 e. The van der Waals surface area contributed by atoms with E-state index in [0.29, 0.717) is 17.8 Å². The predicted molar refractivity (Wildman–Crippen MR) is 110 cm³/mol. The van der Waals surface area contributed by atoms with Gasteiger partial charge in [0.2, 0.25) is 0 Å². The van der Waals surface area contributed by atoms with Crippen LogP contribution < -0.4 is 5.32 Å². The summed E-state index contributed by atoms with van der Waals surface area (Å²) in [6.07, 6.45) is -3.85. The highest BCUT2D eigenvalue weighted by Gasteiger charge is 2.30. The molecule has 1 amide bonds. The average molecular weight is 425 g/mol. The van der Waals surface area contributed by atoms with E-state index in [1.54, 1.807) is 11.4 Å². The number of amides is 1. The van der Waals surface area contributed by atoms with E-state index in [4.69, 9.17) is 0 Å². The van der Waals surface area contributed by atoms with Gasteiger partial charge in [-0.05, 0) is 37.1 Å². The molecule has 2 aromatic carbocycles. The molecule has 9 heteroatoms. The van der Waals surface area contributed by atoms with Gasteiger partial charge in [-0.25, -0.2) is 4.52 Å². The quantitative estimate of drug-likeness (QED) is 0.503. The number of hydrogen-bond donors (Lipinski definition) is 1. The van der Waals surface area contributed by atoms with Crippen LogP contribution in [0.25, 0.3) is 16.8 Å². The second-order valence-corrected chi connectivity index (χ2v) is 6.94. The van der Waals surface area contributed by atoms with Gasteiger partial charge in [0.05, 0.1) is 22.5 Å². The molecule has 2 heterocycles. The highest BCUT2D eigenvalue weighted by molar-refractivity contribution is 6.03. The van der Waals surface area contributed by atoms with Crippen LogP contribution in [0.4, 0.5) is 18.9 Å². The number of carbonyl (C=O) groups is 1. The molecular weight excluding hydrogens is 407 g/mol. The number of anilines is 1. The molecule has 0 aliphatic heterocycles. The number of carbonyl (C=O) groups excluding carboxylic acids is 1. The van der Waals surface area contributed by atoms with Gasteiger partial charge >= 0.3 is 6.18 Å². The zero-order valence-corrected chi connectivity index (χ0v) is 16.7. The molecule has 0 fully saturated rings. The van der Waals surface area contributed by atoms with Crippen LogP contribution in [0, 0.1) is 6.92 Å². The molecular formula is C22H18F3N5O. The summed E-state index contributed by atoms with van der Waals surface area (Å²) < 4.78 is 40.4. The van der Waals surface area contributed by atoms with Gasteiger partial charge in [-0.3, -0.25) is 4.79 Å². The number of fused-ring (bicyclic) bond motifs is 1. The second-order valence-electron chi connectivity index (χ2n) is 6.94. The first-order valence-electron chi connectivity index (χ1n) is 9.58. The summed E-state index contributed by atoms with van der Waals surface area (Å²) in [6, 6.07) is 14.0. The van der Waals surface area contributed by atoms with Gasteiger partial charge < -0.3 is 5.32 Å². The fourth-order valence-corrected chi connectivity index (χ4v) is 3.37. The summed E-state index contributed by atoms with van der Waals surface area (Å²) in [4.78, 5) is 12.7. The Hall–Kier alpha value is -3.75. The van der Waals surface area contributed by atoms with Crippen LogP contribution in [0.2, 0.25) is 0 Å². The number of rotatable bonds is 4. The van der Waals surface area contributed by atoms with Crippen LogP contribution >= 0.6 is 0 Å². The van der Waals surface area contributed by atoms with E-state index in [9.17, 15) is 18.0 Å². The molecule has 0 aliphatic rings. The number of benzene rings is 2. The Balaban J connectivity index is 1.73. The zero-order chi connectivity index (χ0) is 22.2. The Kier molecular flexibility index (Phi) is 5.18. The van der Waals surface area contributed by atoms with Crippen molar-refractivity contribution >= 4 is 17.2 Å². The maximum absolute atomic E-state index is 12.9. The van der Waals surface area contributed by atoms with Gasteiger partial charge in [0.1, 0.15) is 0 Å². The first kappa shape index (κ1) is 20.5. The van der Waals surface area contributed by atoms with Crippen molar-refractivity contribution in [1.29, 1.82) is 0 Å². The van der Waals surface area contributed by atoms with Gasteiger partial charge in [0.15, 0.2) is 11.3 Å². The lowest BCUT2D eigenvalue weighted by molar-refractivity contribution is -0.137. The van der Waals surface area contributed by atoms with Crippen molar-refractivity contribution in [3.8, 4) is 11.1 Å². The van der Waals surface area contributed by atoms with E-state index >= 15 is 0 Å². The molecule has 31 heavy (non-hydrogen) atoms. The average Bonchev–Trinajstić information content (AvgIpc) is 3.14. The highest BCUT2D eigenvalue weighted by atomic mass is 19.4. The normalized spacial score (nSPS) is 11.6. The zero-order valence-electron chi connectivity index (χ0n) is 16.7. The summed E-state index contributed by atoms with van der Waals surface area (Å²) in [5.41, 5.74) is 2.67. The van der Waals surface area contributed by atoms with Crippen molar-refractivity contribution in [3.63, 3.8) is 0 Å². The minimum absolute atomic E-state index is 0.0146. The molecule has 0 saturated carbocycles. The lowest BCUT2D eigenvalue weighted by Crippen LogP contribution is -2.19. The molecule has 0 atom stereocenters. The third-order valence-corrected chi connectivity index (χ3v) is 4.90. The molecule has 4 aromatic rings. The molecule has 0 radical (unpaired) electrons. The van der Waals surface area contributed by atoms with Gasteiger partial charge in [0.25, 0.3) is 5.91 Å². The molecule has 1 N–H and O–H groups in total. The third kappa shape index (κ3) is 3.86. The van der Waals surface area contributed by atoms with Crippen molar-refractivity contribution in [3.05, 3.63) is 77.2 Å². The molecule has 2 aromatic heterocycles. The highest BCUT2D eigenvalue weighted by Crippen LogP contribution is 2.31. The minimum atomic E-state index is -4.51. The van der Waals surface area contributed by atoms with Crippen LogP contribution in [0.1, 0.15) is 34.4 Å². The van der Waals surface area contributed by atoms with E-state index in [2.05, 4.69) is 20.6 Å². The molecule has 4 rings (SSSR count). The summed E-state index contributed by atoms with van der Waals surface area (Å²) in [7, 11) is 0. The van der Waals surface area contributed by atoms with Crippen molar-refractivity contribution in [2.75, 3.05) is 5.32 Å². The number of alkyl halides is 3. The standard InChI is InChI=1S/C22H18F3N5O/c1-3-17-18(14-8-5-4-6-9-14)20-28-27-19(13(2)30(20)29-17)21(31)26-16-11-7-10-15(12-16)22(23,24)25/h4-12H,3H2,1-2H3,(H,26,31). The first-order chi connectivity index (χ1) is 14.8. The summed E-state index contributed by atoms with van der Waals surface area (Å²) >= 11 is 0. The SMILES string of the molecule is CCc1nn2c(C)c(C(=O)Nc3cccc(C(F)(F)F)c3)nnc2c1-c1ccccc1. The van der Waals surface area contributed by atoms with Gasteiger partial charge in [-0.2, -0.15) is 18.3 Å². The Morgan fingerprint density at radius 3 is 2.48 bits per heavy atom. The molecule has 0 bridgehead atoms. The van der Waals surface area contributed by atoms with Gasteiger partial charge in [0, 0.05) is 5.69 Å². The minimum Gasteiger partial charge on any atom is -0.321 e. The number of nitrogens with zero attached hydrogens (tertiary/aromatic N) is 4. The summed E-state index contributed by atoms with van der Waals surface area (Å²) in [5.74, 6) is -0.666. The number of aromatic nitrogens is 4. The summed E-state index contributed by atoms with van der Waals surface area (Å²) in [6.45, 7) is 3.64. The van der Waals surface area contributed by atoms with E-state index in [0.717, 1.165) is 29.0 Å². The monoisotopic (exact) mass is 425 g/mol. The Morgan fingerprint density at radius 1 is 1.06 bits per heavy atom. The van der Waals surface area contributed by atoms with E-state index in [-0.39, 0.29) is 11.4 Å². The first-order valence-corrected chi connectivity index (χ1v) is 9.58. The number of hydrogen-bond acceptors (Lipinski definition) is 4. The second kappa shape index (κ2) is 7.82. The topological polar surface area (TPSA) is 72.2 Å². The Labute approximate surface area is 175 Å². The lowest BCUT2D eigenvalue weighted by Gasteiger charge is -2.10. The van der Waals surface area contributed by atoms with Crippen LogP contribution in [-0.4, -0.2) is 25.7 Å². The number of aryl methyl sites for hydroxylation is 2. The van der Waals surface area contributed by atoms with Crippen LogP contribution in [0.5, 0.6) is 0 Å². The molecule has 0 unspecified atom stereocenters. The number of halogens is 3. The fourth-order valence-electron chi connectivity index (χ4n) is 3.37. The molecule has 158 valence electrons. The van der Waals surface area contributed by atoms with E-state index < -0.39 is 17.6 Å². The van der Waals surface area contributed by atoms with Crippen molar-refractivity contribution in [2.45, 2.75) is 26.4 Å². The van der Waals surface area contributed by atoms with Gasteiger partial charge in [-0.1, -0.05) is 43.3 Å². The van der Waals surface area contributed by atoms with Crippen LogP contribution in [0.3, 0.4) is 0 Å². The maximum atomic E-state index is 12.9. The van der Waals surface area contributed by atoms with Crippen LogP contribution in [0.15, 0.2) is 54.6 Å². The lowest BCUT2D eigenvalue weighted by atomic mass is 10.0. The summed E-state index contributed by atoms with van der Waals surface area (Å²) in [5, 5.41) is 15.3.